The summed E-state index contributed by atoms with van der Waals surface area (Å²) in [5, 5.41) is 0.788. The van der Waals surface area contributed by atoms with Gasteiger partial charge in [-0.15, -0.1) is 0 Å². The number of aryl methyl sites for hydroxylation is 1. The van der Waals surface area contributed by atoms with Gasteiger partial charge in [0, 0.05) is 18.5 Å². The van der Waals surface area contributed by atoms with E-state index >= 15 is 0 Å². The number of rotatable bonds is 3. The summed E-state index contributed by atoms with van der Waals surface area (Å²) in [4.78, 5) is 31.7. The lowest BCUT2D eigenvalue weighted by atomic mass is 10.2. The Bertz CT molecular complexity index is 952. The topological polar surface area (TPSA) is 83.3 Å². The van der Waals surface area contributed by atoms with Crippen LogP contribution in [0.5, 0.6) is 5.75 Å². The Balaban J connectivity index is 2.10. The summed E-state index contributed by atoms with van der Waals surface area (Å²) in [5.41, 5.74) is 1.27. The number of fused-ring (bicyclic) bond motifs is 1. The molecule has 0 aliphatic carbocycles. The van der Waals surface area contributed by atoms with Crippen LogP contribution in [0, 0.1) is 0 Å². The van der Waals surface area contributed by atoms with Gasteiger partial charge in [0.15, 0.2) is 0 Å². The van der Waals surface area contributed by atoms with Crippen LogP contribution in [0.3, 0.4) is 0 Å². The highest BCUT2D eigenvalue weighted by Crippen LogP contribution is 2.29. The van der Waals surface area contributed by atoms with Gasteiger partial charge < -0.3 is 14.0 Å². The standard InChI is InChI=1S/C16H12ClN3O4/c1-20-11-4-3-5-13(24-16(22)23-2)9(11)6-12(20)15(21)10-7-14(17)19-8-18-10/h3-8H,1-2H3. The van der Waals surface area contributed by atoms with Crippen molar-refractivity contribution in [3.63, 3.8) is 0 Å². The van der Waals surface area contributed by atoms with Crippen LogP contribution in [0.15, 0.2) is 36.7 Å². The van der Waals surface area contributed by atoms with E-state index in [1.54, 1.807) is 29.8 Å². The second kappa shape index (κ2) is 6.29. The van der Waals surface area contributed by atoms with Gasteiger partial charge >= 0.3 is 6.16 Å². The van der Waals surface area contributed by atoms with E-state index in [1.165, 1.54) is 19.5 Å². The highest BCUT2D eigenvalue weighted by Gasteiger charge is 2.19. The number of nitrogens with zero attached hydrogens (tertiary/aromatic N) is 3. The molecule has 0 N–H and O–H groups in total. The second-order valence-electron chi connectivity index (χ2n) is 4.89. The molecule has 122 valence electrons. The minimum absolute atomic E-state index is 0.177. The average Bonchev–Trinajstić information content (AvgIpc) is 2.92. The molecule has 0 aliphatic heterocycles. The van der Waals surface area contributed by atoms with Gasteiger partial charge in [0.2, 0.25) is 5.78 Å². The zero-order chi connectivity index (χ0) is 17.3. The first-order valence-corrected chi connectivity index (χ1v) is 7.25. The molecule has 0 spiro atoms. The van der Waals surface area contributed by atoms with Crippen molar-refractivity contribution < 1.29 is 19.1 Å². The van der Waals surface area contributed by atoms with E-state index in [4.69, 9.17) is 16.3 Å². The van der Waals surface area contributed by atoms with Gasteiger partial charge in [-0.2, -0.15) is 0 Å². The molecular weight excluding hydrogens is 334 g/mol. The minimum atomic E-state index is -0.832. The summed E-state index contributed by atoms with van der Waals surface area (Å²) in [6.07, 6.45) is 0.395. The van der Waals surface area contributed by atoms with Gasteiger partial charge in [-0.25, -0.2) is 14.8 Å². The summed E-state index contributed by atoms with van der Waals surface area (Å²) in [6, 6.07) is 8.17. The summed E-state index contributed by atoms with van der Waals surface area (Å²) in [7, 11) is 2.96. The number of carbonyl (C=O) groups excluding carboxylic acids is 2. The molecule has 0 amide bonds. The zero-order valence-electron chi connectivity index (χ0n) is 12.8. The van der Waals surface area contributed by atoms with E-state index < -0.39 is 6.16 Å². The number of aromatic nitrogens is 3. The van der Waals surface area contributed by atoms with Crippen molar-refractivity contribution in [3.8, 4) is 5.75 Å². The molecule has 2 aromatic heterocycles. The first-order valence-electron chi connectivity index (χ1n) is 6.87. The van der Waals surface area contributed by atoms with Crippen molar-refractivity contribution in [1.82, 2.24) is 14.5 Å². The van der Waals surface area contributed by atoms with Crippen LogP contribution in [-0.4, -0.2) is 33.6 Å². The summed E-state index contributed by atoms with van der Waals surface area (Å²) in [5.74, 6) is -0.0169. The fourth-order valence-corrected chi connectivity index (χ4v) is 2.51. The van der Waals surface area contributed by atoms with E-state index in [0.29, 0.717) is 16.8 Å². The maximum atomic E-state index is 12.7. The van der Waals surface area contributed by atoms with Crippen molar-refractivity contribution in [1.29, 1.82) is 0 Å². The Morgan fingerprint density at radius 1 is 1.21 bits per heavy atom. The predicted molar refractivity (Wildman–Crippen MR) is 86.4 cm³/mol. The van der Waals surface area contributed by atoms with Crippen LogP contribution in [0.4, 0.5) is 4.79 Å². The number of halogens is 1. The molecule has 0 bridgehead atoms. The lowest BCUT2D eigenvalue weighted by molar-refractivity contribution is 0.102. The Hall–Kier alpha value is -2.93. The third-order valence-electron chi connectivity index (χ3n) is 3.51. The number of hydrogen-bond acceptors (Lipinski definition) is 6. The minimum Gasteiger partial charge on any atom is -0.437 e. The average molecular weight is 346 g/mol. The first-order chi connectivity index (χ1) is 11.5. The molecule has 0 unspecified atom stereocenters. The fourth-order valence-electron chi connectivity index (χ4n) is 2.36. The Morgan fingerprint density at radius 3 is 2.71 bits per heavy atom. The first kappa shape index (κ1) is 15.9. The molecule has 2 heterocycles. The molecule has 3 rings (SSSR count). The van der Waals surface area contributed by atoms with Crippen molar-refractivity contribution in [3.05, 3.63) is 53.2 Å². The lowest BCUT2D eigenvalue weighted by Crippen LogP contribution is -2.09. The largest absolute Gasteiger partial charge is 0.513 e. The number of ether oxygens (including phenoxy) is 2. The molecule has 24 heavy (non-hydrogen) atoms. The molecule has 8 heteroatoms. The van der Waals surface area contributed by atoms with Crippen LogP contribution >= 0.6 is 11.6 Å². The van der Waals surface area contributed by atoms with E-state index in [0.717, 1.165) is 5.52 Å². The van der Waals surface area contributed by atoms with Crippen LogP contribution in [0.1, 0.15) is 16.2 Å². The van der Waals surface area contributed by atoms with Gasteiger partial charge in [0.1, 0.15) is 22.9 Å². The maximum Gasteiger partial charge on any atom is 0.513 e. The van der Waals surface area contributed by atoms with E-state index in [1.807, 2.05) is 6.07 Å². The van der Waals surface area contributed by atoms with E-state index in [9.17, 15) is 9.59 Å². The molecule has 0 fully saturated rings. The predicted octanol–water partition coefficient (Wildman–Crippen LogP) is 3.00. The molecule has 7 nitrogen and oxygen atoms in total. The van der Waals surface area contributed by atoms with Crippen LogP contribution in [0.25, 0.3) is 10.9 Å². The smallest absolute Gasteiger partial charge is 0.437 e. The zero-order valence-corrected chi connectivity index (χ0v) is 13.6. The molecule has 0 atom stereocenters. The Morgan fingerprint density at radius 2 is 2.00 bits per heavy atom. The molecule has 3 aromatic rings. The van der Waals surface area contributed by atoms with E-state index in [-0.39, 0.29) is 16.6 Å². The van der Waals surface area contributed by atoms with Crippen LogP contribution < -0.4 is 4.74 Å². The van der Waals surface area contributed by atoms with Gasteiger partial charge in [-0.1, -0.05) is 17.7 Å². The number of ketones is 1. The number of hydrogen-bond donors (Lipinski definition) is 0. The van der Waals surface area contributed by atoms with Crippen molar-refractivity contribution in [2.75, 3.05) is 7.11 Å². The quantitative estimate of drug-likeness (QED) is 0.314. The monoisotopic (exact) mass is 345 g/mol. The highest BCUT2D eigenvalue weighted by atomic mass is 35.5. The number of benzene rings is 1. The van der Waals surface area contributed by atoms with Crippen molar-refractivity contribution >= 4 is 34.4 Å². The SMILES string of the molecule is COC(=O)Oc1cccc2c1cc(C(=O)c1cc(Cl)ncn1)n2C. The van der Waals surface area contributed by atoms with Gasteiger partial charge in [-0.05, 0) is 18.2 Å². The molecule has 0 radical (unpaired) electrons. The summed E-state index contributed by atoms with van der Waals surface area (Å²) >= 11 is 5.81. The van der Waals surface area contributed by atoms with Crippen molar-refractivity contribution in [2.45, 2.75) is 0 Å². The highest BCUT2D eigenvalue weighted by molar-refractivity contribution is 6.29. The lowest BCUT2D eigenvalue weighted by Gasteiger charge is -2.05. The summed E-state index contributed by atoms with van der Waals surface area (Å²) in [6.45, 7) is 0. The summed E-state index contributed by atoms with van der Waals surface area (Å²) < 4.78 is 11.3. The van der Waals surface area contributed by atoms with Gasteiger partial charge in [-0.3, -0.25) is 4.79 Å². The Labute approximate surface area is 141 Å². The fraction of sp³-hybridized carbons (Fsp3) is 0.125. The van der Waals surface area contributed by atoms with E-state index in [2.05, 4.69) is 14.7 Å². The molecular formula is C16H12ClN3O4. The third kappa shape index (κ3) is 2.81. The molecule has 0 aliphatic rings. The third-order valence-corrected chi connectivity index (χ3v) is 3.71. The second-order valence-corrected chi connectivity index (χ2v) is 5.28. The molecule has 0 saturated heterocycles. The Kier molecular flexibility index (Phi) is 4.18. The molecule has 1 aromatic carbocycles. The normalized spacial score (nSPS) is 10.6. The van der Waals surface area contributed by atoms with Crippen molar-refractivity contribution in [2.24, 2.45) is 7.05 Å². The number of carbonyl (C=O) groups is 2. The maximum absolute atomic E-state index is 12.7. The number of methoxy groups -OCH3 is 1. The molecule has 0 saturated carbocycles. The van der Waals surface area contributed by atoms with Crippen LogP contribution in [0.2, 0.25) is 5.15 Å². The van der Waals surface area contributed by atoms with Gasteiger partial charge in [0.25, 0.3) is 0 Å². The van der Waals surface area contributed by atoms with Crippen LogP contribution in [-0.2, 0) is 11.8 Å². The van der Waals surface area contributed by atoms with Gasteiger partial charge in [0.05, 0.1) is 18.3 Å².